The quantitative estimate of drug-likeness (QED) is 0.621. The Morgan fingerprint density at radius 2 is 2.03 bits per heavy atom. The molecule has 2 atom stereocenters. The maximum atomic E-state index is 14.0. The van der Waals surface area contributed by atoms with Gasteiger partial charge in [0.25, 0.3) is 5.91 Å². The second-order valence-corrected chi connectivity index (χ2v) is 8.79. The van der Waals surface area contributed by atoms with Crippen molar-refractivity contribution in [2.75, 3.05) is 5.32 Å². The number of rotatable bonds is 4. The van der Waals surface area contributed by atoms with E-state index < -0.39 is 23.6 Å². The summed E-state index contributed by atoms with van der Waals surface area (Å²) in [6.45, 7) is 0. The molecule has 1 saturated heterocycles. The summed E-state index contributed by atoms with van der Waals surface area (Å²) in [4.78, 5) is 21.0. The molecular weight excluding hydrogens is 424 g/mol. The van der Waals surface area contributed by atoms with Gasteiger partial charge in [-0.3, -0.25) is 9.78 Å². The number of thiazole rings is 1. The number of amides is 1. The zero-order valence-electron chi connectivity index (χ0n) is 16.3. The smallest absolute Gasteiger partial charge is 0.275 e. The van der Waals surface area contributed by atoms with E-state index in [9.17, 15) is 18.7 Å². The lowest BCUT2D eigenvalue weighted by Gasteiger charge is -2.34. The molecule has 2 aliphatic rings. The molecule has 3 aromatic rings. The first-order valence-corrected chi connectivity index (χ1v) is 10.8. The van der Waals surface area contributed by atoms with Crippen LogP contribution in [0.4, 0.5) is 14.5 Å². The molecule has 1 aromatic carbocycles. The molecule has 160 valence electrons. The number of benzene rings is 1. The van der Waals surface area contributed by atoms with Crippen LogP contribution in [0.5, 0.6) is 0 Å². The molecular formula is C22H19F2N3O3S. The first-order chi connectivity index (χ1) is 14.9. The molecule has 1 amide bonds. The molecule has 2 unspecified atom stereocenters. The normalized spacial score (nSPS) is 21.8. The van der Waals surface area contributed by atoms with Crippen molar-refractivity contribution in [2.24, 2.45) is 0 Å². The van der Waals surface area contributed by atoms with Crippen LogP contribution in [-0.2, 0) is 4.74 Å². The van der Waals surface area contributed by atoms with Gasteiger partial charge in [-0.05, 0) is 31.0 Å². The molecule has 2 aromatic heterocycles. The molecule has 6 nitrogen and oxygen atoms in total. The SMILES string of the molecule is O=C(Nc1cnccc1C1CC(O)CC2(CC2)O1)c1csc(-c2c(F)cccc2F)n1. The third-order valence-electron chi connectivity index (χ3n) is 5.66. The number of aliphatic hydroxyl groups excluding tert-OH is 1. The van der Waals surface area contributed by atoms with E-state index in [1.165, 1.54) is 17.6 Å². The lowest BCUT2D eigenvalue weighted by Crippen LogP contribution is -2.33. The number of aromatic nitrogens is 2. The maximum Gasteiger partial charge on any atom is 0.275 e. The minimum atomic E-state index is -0.738. The highest BCUT2D eigenvalue weighted by Gasteiger charge is 2.50. The topological polar surface area (TPSA) is 84.3 Å². The zero-order valence-corrected chi connectivity index (χ0v) is 17.2. The number of carbonyl (C=O) groups is 1. The van der Waals surface area contributed by atoms with Crippen LogP contribution in [0.25, 0.3) is 10.6 Å². The van der Waals surface area contributed by atoms with Crippen LogP contribution in [0.2, 0.25) is 0 Å². The van der Waals surface area contributed by atoms with Crippen LogP contribution < -0.4 is 5.32 Å². The van der Waals surface area contributed by atoms with E-state index in [1.807, 2.05) is 0 Å². The van der Waals surface area contributed by atoms with Gasteiger partial charge in [0.15, 0.2) is 0 Å². The molecule has 2 fully saturated rings. The van der Waals surface area contributed by atoms with Crippen molar-refractivity contribution in [3.05, 3.63) is 64.9 Å². The largest absolute Gasteiger partial charge is 0.393 e. The number of nitrogens with one attached hydrogen (secondary N) is 1. The first-order valence-electron chi connectivity index (χ1n) is 9.95. The van der Waals surface area contributed by atoms with E-state index in [4.69, 9.17) is 4.74 Å². The summed E-state index contributed by atoms with van der Waals surface area (Å²) < 4.78 is 34.3. The van der Waals surface area contributed by atoms with Gasteiger partial charge in [0.1, 0.15) is 22.3 Å². The van der Waals surface area contributed by atoms with Gasteiger partial charge < -0.3 is 15.2 Å². The number of halogens is 2. The van der Waals surface area contributed by atoms with Crippen molar-refractivity contribution in [3.63, 3.8) is 0 Å². The fourth-order valence-corrected chi connectivity index (χ4v) is 4.83. The molecule has 3 heterocycles. The van der Waals surface area contributed by atoms with Crippen LogP contribution >= 0.6 is 11.3 Å². The average Bonchev–Trinajstić information content (AvgIpc) is 3.28. The van der Waals surface area contributed by atoms with E-state index in [0.29, 0.717) is 18.5 Å². The summed E-state index contributed by atoms with van der Waals surface area (Å²) >= 11 is 0.985. The molecule has 1 spiro atoms. The Morgan fingerprint density at radius 1 is 1.26 bits per heavy atom. The third kappa shape index (κ3) is 3.96. The predicted octanol–water partition coefficient (Wildman–Crippen LogP) is 4.48. The summed E-state index contributed by atoms with van der Waals surface area (Å²) in [6, 6.07) is 5.32. The summed E-state index contributed by atoms with van der Waals surface area (Å²) in [5.74, 6) is -2.00. The molecule has 5 rings (SSSR count). The Kier molecular flexibility index (Phi) is 5.04. The van der Waals surface area contributed by atoms with Gasteiger partial charge in [0.05, 0.1) is 35.3 Å². The van der Waals surface area contributed by atoms with Gasteiger partial charge in [-0.2, -0.15) is 0 Å². The van der Waals surface area contributed by atoms with Gasteiger partial charge in [-0.1, -0.05) is 6.07 Å². The van der Waals surface area contributed by atoms with Gasteiger partial charge in [-0.25, -0.2) is 13.8 Å². The zero-order chi connectivity index (χ0) is 21.6. The minimum absolute atomic E-state index is 0.0423. The molecule has 1 aliphatic heterocycles. The maximum absolute atomic E-state index is 14.0. The van der Waals surface area contributed by atoms with E-state index in [0.717, 1.165) is 41.9 Å². The fraction of sp³-hybridized carbons (Fsp3) is 0.318. The van der Waals surface area contributed by atoms with E-state index in [-0.39, 0.29) is 28.0 Å². The number of hydrogen-bond donors (Lipinski definition) is 2. The van der Waals surface area contributed by atoms with Gasteiger partial charge in [0, 0.05) is 30.0 Å². The summed E-state index contributed by atoms with van der Waals surface area (Å²) in [7, 11) is 0. The number of carbonyl (C=O) groups excluding carboxylic acids is 1. The molecule has 31 heavy (non-hydrogen) atoms. The average molecular weight is 443 g/mol. The van der Waals surface area contributed by atoms with Crippen LogP contribution in [0.1, 0.15) is 47.8 Å². The Labute approximate surface area is 180 Å². The molecule has 0 bridgehead atoms. The van der Waals surface area contributed by atoms with Crippen LogP contribution in [0, 0.1) is 11.6 Å². The van der Waals surface area contributed by atoms with Gasteiger partial charge >= 0.3 is 0 Å². The predicted molar refractivity (Wildman–Crippen MR) is 111 cm³/mol. The third-order valence-corrected chi connectivity index (χ3v) is 6.52. The number of anilines is 1. The van der Waals surface area contributed by atoms with E-state index in [1.54, 1.807) is 12.3 Å². The first kappa shape index (κ1) is 20.2. The van der Waals surface area contributed by atoms with Crippen molar-refractivity contribution >= 4 is 22.9 Å². The Bertz CT molecular complexity index is 1130. The lowest BCUT2D eigenvalue weighted by molar-refractivity contribution is -0.113. The van der Waals surface area contributed by atoms with E-state index in [2.05, 4.69) is 15.3 Å². The highest BCUT2D eigenvalue weighted by atomic mass is 32.1. The number of aliphatic hydroxyl groups is 1. The van der Waals surface area contributed by atoms with Gasteiger partial charge in [-0.15, -0.1) is 11.3 Å². The minimum Gasteiger partial charge on any atom is -0.393 e. The van der Waals surface area contributed by atoms with E-state index >= 15 is 0 Å². The number of hydrogen-bond acceptors (Lipinski definition) is 6. The van der Waals surface area contributed by atoms with Crippen molar-refractivity contribution in [3.8, 4) is 10.6 Å². The molecule has 9 heteroatoms. The molecule has 1 aliphatic carbocycles. The van der Waals surface area contributed by atoms with Gasteiger partial charge in [0.2, 0.25) is 0 Å². The monoisotopic (exact) mass is 443 g/mol. The fourth-order valence-electron chi connectivity index (χ4n) is 3.98. The summed E-state index contributed by atoms with van der Waals surface area (Å²) in [5.41, 5.74) is 0.701. The summed E-state index contributed by atoms with van der Waals surface area (Å²) in [5, 5.41) is 14.6. The van der Waals surface area contributed by atoms with Crippen molar-refractivity contribution in [1.82, 2.24) is 9.97 Å². The second kappa shape index (κ2) is 7.74. The Hall–Kier alpha value is -2.75. The van der Waals surface area contributed by atoms with Crippen LogP contribution in [0.3, 0.4) is 0 Å². The number of nitrogens with zero attached hydrogens (tertiary/aromatic N) is 2. The number of pyridine rings is 1. The van der Waals surface area contributed by atoms with Crippen molar-refractivity contribution < 1.29 is 23.4 Å². The Morgan fingerprint density at radius 3 is 2.77 bits per heavy atom. The molecule has 0 radical (unpaired) electrons. The second-order valence-electron chi connectivity index (χ2n) is 7.93. The highest BCUT2D eigenvalue weighted by molar-refractivity contribution is 7.13. The highest BCUT2D eigenvalue weighted by Crippen LogP contribution is 2.52. The molecule has 2 N–H and O–H groups in total. The standard InChI is InChI=1S/C22H19F2N3O3S/c23-14-2-1-3-15(24)19(14)21-27-17(11-31-21)20(29)26-16-10-25-7-4-13(16)18-8-12(28)9-22(30-18)5-6-22/h1-4,7,10-12,18,28H,5-6,8-9H2,(H,26,29). The van der Waals surface area contributed by atoms with Crippen LogP contribution in [-0.4, -0.2) is 32.7 Å². The summed E-state index contributed by atoms with van der Waals surface area (Å²) in [6.07, 6.45) is 5.20. The van der Waals surface area contributed by atoms with Crippen molar-refractivity contribution in [2.45, 2.75) is 43.5 Å². The lowest BCUT2D eigenvalue weighted by atomic mass is 9.94. The Balaban J connectivity index is 1.38. The number of ether oxygens (including phenoxy) is 1. The van der Waals surface area contributed by atoms with Crippen LogP contribution in [0.15, 0.2) is 42.0 Å². The molecule has 1 saturated carbocycles. The van der Waals surface area contributed by atoms with Crippen molar-refractivity contribution in [1.29, 1.82) is 0 Å².